The van der Waals surface area contributed by atoms with Crippen molar-refractivity contribution in [1.82, 2.24) is 15.0 Å². The maximum absolute atomic E-state index is 7.03. The van der Waals surface area contributed by atoms with Crippen LogP contribution < -0.4 is 0 Å². The largest absolute Gasteiger partial charge is 0.455 e. The number of benzene rings is 7. The van der Waals surface area contributed by atoms with Crippen LogP contribution in [0.3, 0.4) is 0 Å². The van der Waals surface area contributed by atoms with Gasteiger partial charge < -0.3 is 4.42 Å². The summed E-state index contributed by atoms with van der Waals surface area (Å²) in [5.74, 6) is 1.83. The molecule has 0 atom stereocenters. The van der Waals surface area contributed by atoms with Gasteiger partial charge in [-0.25, -0.2) is 15.0 Å². The first-order valence-electron chi connectivity index (χ1n) is 18.2. The van der Waals surface area contributed by atoms with Gasteiger partial charge in [0.25, 0.3) is 0 Å². The molecule has 2 aliphatic carbocycles. The molecule has 0 aliphatic heterocycles. The lowest BCUT2D eigenvalue weighted by molar-refractivity contribution is 0.563. The van der Waals surface area contributed by atoms with Gasteiger partial charge in [0, 0.05) is 27.3 Å². The van der Waals surface area contributed by atoms with E-state index in [1.807, 2.05) is 60.7 Å². The molecule has 0 saturated carbocycles. The molecule has 4 heteroatoms. The van der Waals surface area contributed by atoms with Gasteiger partial charge in [-0.15, -0.1) is 0 Å². The van der Waals surface area contributed by atoms with E-state index in [1.54, 1.807) is 0 Å². The van der Waals surface area contributed by atoms with E-state index in [2.05, 4.69) is 117 Å². The van der Waals surface area contributed by atoms with Crippen LogP contribution in [0, 0.1) is 0 Å². The molecule has 0 saturated heterocycles. The summed E-state index contributed by atoms with van der Waals surface area (Å²) >= 11 is 0. The molecule has 2 aliphatic rings. The number of para-hydroxylation sites is 1. The number of aromatic nitrogens is 3. The zero-order valence-corrected chi connectivity index (χ0v) is 29.3. The van der Waals surface area contributed by atoms with Crippen molar-refractivity contribution in [2.24, 2.45) is 0 Å². The lowest BCUT2D eigenvalue weighted by atomic mass is 9.55. The van der Waals surface area contributed by atoms with Crippen LogP contribution >= 0.6 is 0 Å². The van der Waals surface area contributed by atoms with Gasteiger partial charge in [0.2, 0.25) is 0 Å². The van der Waals surface area contributed by atoms with Gasteiger partial charge in [-0.2, -0.15) is 0 Å². The molecule has 1 spiro atoms. The average Bonchev–Trinajstić information content (AvgIpc) is 3.74. The van der Waals surface area contributed by atoms with E-state index in [-0.39, 0.29) is 5.41 Å². The zero-order valence-electron chi connectivity index (χ0n) is 29.3. The molecule has 2 heterocycles. The van der Waals surface area contributed by atoms with Crippen molar-refractivity contribution in [2.45, 2.75) is 24.7 Å². The normalized spacial score (nSPS) is 14.5. The smallest absolute Gasteiger partial charge is 0.167 e. The van der Waals surface area contributed by atoms with Gasteiger partial charge in [-0.3, -0.25) is 0 Å². The van der Waals surface area contributed by atoms with Crippen molar-refractivity contribution in [2.75, 3.05) is 0 Å². The number of nitrogens with zero attached hydrogens (tertiary/aromatic N) is 3. The summed E-state index contributed by atoms with van der Waals surface area (Å²) in [6, 6.07) is 58.2. The predicted octanol–water partition coefficient (Wildman–Crippen LogP) is 11.8. The Labute approximate surface area is 307 Å². The summed E-state index contributed by atoms with van der Waals surface area (Å²) in [5.41, 5.74) is 14.0. The summed E-state index contributed by atoms with van der Waals surface area (Å²) in [6.45, 7) is 4.73. The van der Waals surface area contributed by atoms with Crippen molar-refractivity contribution in [3.63, 3.8) is 0 Å². The van der Waals surface area contributed by atoms with Gasteiger partial charge in [0.05, 0.1) is 11.0 Å². The summed E-state index contributed by atoms with van der Waals surface area (Å²) in [7, 11) is 0. The summed E-state index contributed by atoms with van der Waals surface area (Å²) < 4.78 is 7.03. The van der Waals surface area contributed by atoms with Crippen molar-refractivity contribution in [3.05, 3.63) is 197 Å². The van der Waals surface area contributed by atoms with Crippen LogP contribution in [0.5, 0.6) is 0 Å². The van der Waals surface area contributed by atoms with Gasteiger partial charge in [0.15, 0.2) is 17.5 Å². The minimum atomic E-state index is -0.492. The van der Waals surface area contributed by atoms with E-state index in [9.17, 15) is 0 Å². The van der Waals surface area contributed by atoms with Gasteiger partial charge in [-0.05, 0) is 62.7 Å². The fraction of sp³-hybridized carbons (Fsp3) is 0.0816. The quantitative estimate of drug-likeness (QED) is 0.186. The number of hydrogen-bond acceptors (Lipinski definition) is 4. The first-order valence-corrected chi connectivity index (χ1v) is 18.2. The number of hydrogen-bond donors (Lipinski definition) is 0. The zero-order chi connectivity index (χ0) is 35.3. The van der Waals surface area contributed by atoms with Gasteiger partial charge >= 0.3 is 0 Å². The van der Waals surface area contributed by atoms with Gasteiger partial charge in [-0.1, -0.05) is 159 Å². The minimum absolute atomic E-state index is 0.261. The first-order chi connectivity index (χ1) is 26.0. The second kappa shape index (κ2) is 10.9. The van der Waals surface area contributed by atoms with Crippen LogP contribution in [0.2, 0.25) is 0 Å². The second-order valence-corrected chi connectivity index (χ2v) is 14.7. The Morgan fingerprint density at radius 3 is 1.53 bits per heavy atom. The van der Waals surface area contributed by atoms with Crippen molar-refractivity contribution < 1.29 is 4.42 Å². The highest BCUT2D eigenvalue weighted by Crippen LogP contribution is 2.62. The number of fused-ring (bicyclic) bond motifs is 12. The van der Waals surface area contributed by atoms with Crippen LogP contribution in [0.15, 0.2) is 168 Å². The number of rotatable bonds is 3. The lowest BCUT2D eigenvalue weighted by Crippen LogP contribution is -2.40. The van der Waals surface area contributed by atoms with E-state index in [4.69, 9.17) is 19.4 Å². The Bertz CT molecular complexity index is 2820. The monoisotopic (exact) mass is 679 g/mol. The van der Waals surface area contributed by atoms with E-state index in [0.717, 1.165) is 38.6 Å². The Balaban J connectivity index is 1.20. The van der Waals surface area contributed by atoms with Crippen LogP contribution in [0.1, 0.15) is 47.2 Å². The Hall–Kier alpha value is -6.65. The maximum Gasteiger partial charge on any atom is 0.167 e. The molecule has 7 aromatic carbocycles. The second-order valence-electron chi connectivity index (χ2n) is 14.7. The van der Waals surface area contributed by atoms with Gasteiger partial charge in [0.1, 0.15) is 11.2 Å². The third kappa shape index (κ3) is 4.09. The third-order valence-corrected chi connectivity index (χ3v) is 11.6. The maximum atomic E-state index is 7.03. The molecule has 4 nitrogen and oxygen atoms in total. The fourth-order valence-corrected chi connectivity index (χ4v) is 9.24. The molecule has 2 aromatic heterocycles. The number of furan rings is 1. The topological polar surface area (TPSA) is 51.8 Å². The van der Waals surface area contributed by atoms with E-state index in [1.165, 1.54) is 44.5 Å². The Morgan fingerprint density at radius 2 is 0.906 bits per heavy atom. The lowest BCUT2D eigenvalue weighted by Gasteiger charge is -2.46. The molecule has 250 valence electrons. The van der Waals surface area contributed by atoms with Crippen LogP contribution in [0.4, 0.5) is 0 Å². The molecule has 0 amide bonds. The average molecular weight is 680 g/mol. The molecule has 0 bridgehead atoms. The van der Waals surface area contributed by atoms with E-state index in [0.29, 0.717) is 17.5 Å². The summed E-state index contributed by atoms with van der Waals surface area (Å²) in [5, 5.41) is 2.13. The van der Waals surface area contributed by atoms with E-state index < -0.39 is 5.41 Å². The summed E-state index contributed by atoms with van der Waals surface area (Å²) in [4.78, 5) is 15.1. The highest BCUT2D eigenvalue weighted by atomic mass is 16.3. The third-order valence-electron chi connectivity index (χ3n) is 11.6. The first kappa shape index (κ1) is 30.0. The standard InChI is InChI=1S/C49H33N3O/c1-48(2)39-26-13-14-27-40(39)49(37-24-11-9-20-32(37)33-21-10-12-25-38(33)49)42-29-43-36(28-41(42)48)34-22-15-23-35(44(34)53-43)47-51-45(30-16-5-3-6-17-30)50-46(52-47)31-18-7-4-8-19-31/h3-29H,1-2H3. The Kier molecular flexibility index (Phi) is 6.19. The highest BCUT2D eigenvalue weighted by molar-refractivity contribution is 6.10. The molecule has 11 rings (SSSR count). The molecular formula is C49H33N3O. The molecule has 0 unspecified atom stereocenters. The SMILES string of the molecule is CC1(C)c2ccccc2C2(c3ccccc3-c3ccccc32)c2cc3oc4c(-c5nc(-c6ccccc6)nc(-c6ccccc6)n5)cccc4c3cc21. The van der Waals surface area contributed by atoms with Crippen molar-refractivity contribution in [3.8, 4) is 45.3 Å². The molecule has 0 fully saturated rings. The minimum Gasteiger partial charge on any atom is -0.455 e. The predicted molar refractivity (Wildman–Crippen MR) is 213 cm³/mol. The van der Waals surface area contributed by atoms with Crippen molar-refractivity contribution in [1.29, 1.82) is 0 Å². The fourth-order valence-electron chi connectivity index (χ4n) is 9.24. The molecule has 9 aromatic rings. The molecule has 0 N–H and O–H groups in total. The Morgan fingerprint density at radius 1 is 0.396 bits per heavy atom. The van der Waals surface area contributed by atoms with Crippen LogP contribution in [-0.2, 0) is 10.8 Å². The molecular weight excluding hydrogens is 647 g/mol. The van der Waals surface area contributed by atoms with Crippen molar-refractivity contribution >= 4 is 21.9 Å². The summed E-state index contributed by atoms with van der Waals surface area (Å²) in [6.07, 6.45) is 0. The van der Waals surface area contributed by atoms with Crippen LogP contribution in [-0.4, -0.2) is 15.0 Å². The molecule has 53 heavy (non-hydrogen) atoms. The molecule has 0 radical (unpaired) electrons. The highest BCUT2D eigenvalue weighted by Gasteiger charge is 2.53. The van der Waals surface area contributed by atoms with Crippen LogP contribution in [0.25, 0.3) is 67.2 Å². The van der Waals surface area contributed by atoms with E-state index >= 15 is 0 Å².